The molecule has 1 aromatic heterocycles. The van der Waals surface area contributed by atoms with Crippen LogP contribution in [0.5, 0.6) is 17.2 Å². The van der Waals surface area contributed by atoms with E-state index in [2.05, 4.69) is 15.3 Å². The fraction of sp³-hybridized carbons (Fsp3) is 0.250. The van der Waals surface area contributed by atoms with Crippen molar-refractivity contribution in [2.45, 2.75) is 31.6 Å². The van der Waals surface area contributed by atoms with Crippen molar-refractivity contribution in [3.63, 3.8) is 0 Å². The van der Waals surface area contributed by atoms with Crippen LogP contribution in [0, 0.1) is 13.8 Å². The summed E-state index contributed by atoms with van der Waals surface area (Å²) in [6.45, 7) is 3.97. The highest BCUT2D eigenvalue weighted by Gasteiger charge is 2.33. The van der Waals surface area contributed by atoms with Crippen LogP contribution in [-0.4, -0.2) is 53.8 Å². The number of ether oxygens (including phenoxy) is 3. The third-order valence-electron chi connectivity index (χ3n) is 6.44. The van der Waals surface area contributed by atoms with E-state index in [1.165, 1.54) is 18.9 Å². The molecule has 0 aliphatic rings. The molecular weight excluding hydrogens is 552 g/mol. The van der Waals surface area contributed by atoms with Crippen LogP contribution in [-0.2, 0) is 16.1 Å². The minimum atomic E-state index is -1.000. The van der Waals surface area contributed by atoms with Crippen molar-refractivity contribution >= 4 is 29.3 Å². The molecule has 0 fully saturated rings. The van der Waals surface area contributed by atoms with E-state index in [1.807, 2.05) is 56.3 Å². The molecule has 0 bridgehead atoms. The smallest absolute Gasteiger partial charge is 0.251 e. The largest absolute Gasteiger partial charge is 0.497 e. The lowest BCUT2D eigenvalue weighted by Crippen LogP contribution is -2.42. The molecule has 1 heterocycles. The molecule has 0 aliphatic heterocycles. The maximum atomic E-state index is 14.2. The minimum absolute atomic E-state index is 0.0370. The molecule has 1 unspecified atom stereocenters. The van der Waals surface area contributed by atoms with Crippen LogP contribution in [0.3, 0.4) is 0 Å². The number of nitrogens with zero attached hydrogens (tertiary/aromatic N) is 3. The van der Waals surface area contributed by atoms with E-state index in [9.17, 15) is 9.59 Å². The maximum Gasteiger partial charge on any atom is 0.251 e. The number of amides is 2. The Morgan fingerprint density at radius 1 is 0.833 bits per heavy atom. The minimum Gasteiger partial charge on any atom is -0.497 e. The number of carbonyl (C=O) groups excluding carboxylic acids is 2. The second-order valence-corrected chi connectivity index (χ2v) is 10.4. The summed E-state index contributed by atoms with van der Waals surface area (Å²) < 4.78 is 16.3. The maximum absolute atomic E-state index is 14.2. The van der Waals surface area contributed by atoms with Crippen molar-refractivity contribution in [2.24, 2.45) is 0 Å². The Bertz CT molecular complexity index is 1510. The summed E-state index contributed by atoms with van der Waals surface area (Å²) in [6.07, 6.45) is 0. The van der Waals surface area contributed by atoms with Gasteiger partial charge < -0.3 is 24.4 Å². The first-order chi connectivity index (χ1) is 20.3. The Kier molecular flexibility index (Phi) is 10.4. The summed E-state index contributed by atoms with van der Waals surface area (Å²) in [7, 11) is 4.63. The van der Waals surface area contributed by atoms with E-state index in [-0.39, 0.29) is 18.2 Å². The van der Waals surface area contributed by atoms with Crippen LogP contribution >= 0.6 is 11.8 Å². The lowest BCUT2D eigenvalue weighted by Gasteiger charge is -2.32. The number of thioether (sulfide) groups is 1. The van der Waals surface area contributed by atoms with Gasteiger partial charge in [0.1, 0.15) is 23.3 Å². The number of anilines is 1. The number of aryl methyl sites for hydroxylation is 2. The molecule has 42 heavy (non-hydrogen) atoms. The van der Waals surface area contributed by atoms with Crippen molar-refractivity contribution in [3.05, 3.63) is 101 Å². The van der Waals surface area contributed by atoms with Crippen LogP contribution in [0.15, 0.2) is 84.0 Å². The fourth-order valence-corrected chi connectivity index (χ4v) is 5.29. The van der Waals surface area contributed by atoms with Crippen molar-refractivity contribution in [1.82, 2.24) is 14.9 Å². The van der Waals surface area contributed by atoms with E-state index in [0.717, 1.165) is 17.0 Å². The third-order valence-corrected chi connectivity index (χ3v) is 7.27. The highest BCUT2D eigenvalue weighted by molar-refractivity contribution is 7.99. The van der Waals surface area contributed by atoms with Gasteiger partial charge in [-0.25, -0.2) is 9.97 Å². The molecule has 218 valence electrons. The van der Waals surface area contributed by atoms with E-state index < -0.39 is 11.9 Å². The Labute approximate surface area is 250 Å². The molecule has 0 aliphatic carbocycles. The zero-order valence-electron chi connectivity index (χ0n) is 24.3. The van der Waals surface area contributed by atoms with Gasteiger partial charge in [0.2, 0.25) is 5.91 Å². The Morgan fingerprint density at radius 3 is 2.19 bits per heavy atom. The number of hydrogen-bond acceptors (Lipinski definition) is 8. The Balaban J connectivity index is 1.74. The molecule has 0 radical (unpaired) electrons. The van der Waals surface area contributed by atoms with E-state index in [0.29, 0.717) is 33.7 Å². The van der Waals surface area contributed by atoms with Gasteiger partial charge in [0.15, 0.2) is 5.16 Å². The number of methoxy groups -OCH3 is 3. The van der Waals surface area contributed by atoms with Gasteiger partial charge in [-0.3, -0.25) is 9.59 Å². The highest BCUT2D eigenvalue weighted by atomic mass is 32.2. The zero-order valence-corrected chi connectivity index (χ0v) is 25.1. The normalized spacial score (nSPS) is 11.4. The number of rotatable bonds is 12. The summed E-state index contributed by atoms with van der Waals surface area (Å²) >= 11 is 1.24. The molecule has 2 amide bonds. The summed E-state index contributed by atoms with van der Waals surface area (Å²) in [5, 5.41) is 3.48. The molecule has 0 saturated carbocycles. The van der Waals surface area contributed by atoms with Crippen molar-refractivity contribution in [2.75, 3.05) is 32.4 Å². The molecule has 1 N–H and O–H groups in total. The van der Waals surface area contributed by atoms with Crippen LogP contribution < -0.4 is 19.5 Å². The van der Waals surface area contributed by atoms with Gasteiger partial charge in [-0.05, 0) is 55.3 Å². The molecule has 0 spiro atoms. The number of benzene rings is 3. The lowest BCUT2D eigenvalue weighted by atomic mass is 10.0. The van der Waals surface area contributed by atoms with Crippen molar-refractivity contribution < 1.29 is 23.8 Å². The summed E-state index contributed by atoms with van der Waals surface area (Å²) in [4.78, 5) is 38.7. The topological polar surface area (TPSA) is 103 Å². The quantitative estimate of drug-likeness (QED) is 0.169. The second kappa shape index (κ2) is 14.4. The predicted molar refractivity (Wildman–Crippen MR) is 163 cm³/mol. The summed E-state index contributed by atoms with van der Waals surface area (Å²) in [6, 6.07) is 22.7. The van der Waals surface area contributed by atoms with Gasteiger partial charge in [0.25, 0.3) is 5.91 Å². The third kappa shape index (κ3) is 7.79. The number of nitrogens with one attached hydrogen (secondary N) is 1. The molecule has 0 saturated heterocycles. The average Bonchev–Trinajstić information content (AvgIpc) is 3.00. The van der Waals surface area contributed by atoms with E-state index in [4.69, 9.17) is 14.2 Å². The lowest BCUT2D eigenvalue weighted by molar-refractivity contribution is -0.137. The Hall–Kier alpha value is -4.57. The second-order valence-electron chi connectivity index (χ2n) is 9.46. The number of hydrogen-bond donors (Lipinski definition) is 1. The van der Waals surface area contributed by atoms with Crippen LogP contribution in [0.2, 0.25) is 0 Å². The number of aromatic nitrogens is 2. The first-order valence-electron chi connectivity index (χ1n) is 13.3. The van der Waals surface area contributed by atoms with Crippen LogP contribution in [0.25, 0.3) is 0 Å². The predicted octanol–water partition coefficient (Wildman–Crippen LogP) is 5.62. The zero-order chi connectivity index (χ0) is 30.1. The Morgan fingerprint density at radius 2 is 1.52 bits per heavy atom. The van der Waals surface area contributed by atoms with Gasteiger partial charge >= 0.3 is 0 Å². The monoisotopic (exact) mass is 586 g/mol. The van der Waals surface area contributed by atoms with Crippen molar-refractivity contribution in [3.8, 4) is 17.2 Å². The van der Waals surface area contributed by atoms with Gasteiger partial charge in [0.05, 0.1) is 32.8 Å². The van der Waals surface area contributed by atoms with Crippen LogP contribution in [0.4, 0.5) is 5.69 Å². The molecule has 10 heteroatoms. The fourth-order valence-electron chi connectivity index (χ4n) is 4.46. The van der Waals surface area contributed by atoms with E-state index >= 15 is 0 Å². The average molecular weight is 587 g/mol. The first-order valence-corrected chi connectivity index (χ1v) is 14.2. The summed E-state index contributed by atoms with van der Waals surface area (Å²) in [5.41, 5.74) is 3.56. The van der Waals surface area contributed by atoms with Gasteiger partial charge in [0, 0.05) is 24.0 Å². The van der Waals surface area contributed by atoms with Crippen LogP contribution in [0.1, 0.15) is 28.6 Å². The van der Waals surface area contributed by atoms with Gasteiger partial charge in [-0.1, -0.05) is 54.2 Å². The molecule has 1 atom stereocenters. The van der Waals surface area contributed by atoms with Crippen molar-refractivity contribution in [1.29, 1.82) is 0 Å². The SMILES string of the molecule is COc1cccc(C(C(=O)Nc2ccc(OC)cc2OC)N(Cc2ccccc2)C(=O)CSc2nc(C)cc(C)n2)c1. The molecular formula is C32H34N4O5S. The standard InChI is InChI=1S/C32H34N4O5S/c1-21-16-22(2)34-32(33-21)42-20-29(37)36(19-23-10-7-6-8-11-23)30(24-12-9-13-25(17-24)39-3)31(38)35-27-15-14-26(40-4)18-28(27)41-5/h6-18,30H,19-20H2,1-5H3,(H,35,38). The molecule has 4 rings (SSSR count). The molecule has 4 aromatic rings. The molecule has 9 nitrogen and oxygen atoms in total. The molecule has 3 aromatic carbocycles. The number of carbonyl (C=O) groups is 2. The first kappa shape index (κ1) is 30.4. The summed E-state index contributed by atoms with van der Waals surface area (Å²) in [5.74, 6) is 0.948. The highest BCUT2D eigenvalue weighted by Crippen LogP contribution is 2.33. The van der Waals surface area contributed by atoms with E-state index in [1.54, 1.807) is 55.5 Å². The van der Waals surface area contributed by atoms with Gasteiger partial charge in [-0.15, -0.1) is 0 Å². The van der Waals surface area contributed by atoms with Gasteiger partial charge in [-0.2, -0.15) is 0 Å².